The van der Waals surface area contributed by atoms with Gasteiger partial charge in [-0.05, 0) is 36.1 Å². The first-order chi connectivity index (χ1) is 9.88. The predicted molar refractivity (Wildman–Crippen MR) is 79.5 cm³/mol. The van der Waals surface area contributed by atoms with Crippen LogP contribution in [0.5, 0.6) is 0 Å². The van der Waals surface area contributed by atoms with Crippen molar-refractivity contribution >= 4 is 5.69 Å². The molecular weight excluding hydrogens is 275 g/mol. The normalized spacial score (nSPS) is 13.0. The van der Waals surface area contributed by atoms with Gasteiger partial charge < -0.3 is 5.32 Å². The van der Waals surface area contributed by atoms with Gasteiger partial charge in [-0.3, -0.25) is 0 Å². The molecule has 0 bridgehead atoms. The molecule has 0 fully saturated rings. The molecule has 0 spiro atoms. The molecule has 0 saturated carbocycles. The van der Waals surface area contributed by atoms with Crippen molar-refractivity contribution in [3.05, 3.63) is 65.2 Å². The molecule has 1 N–H and O–H groups in total. The van der Waals surface area contributed by atoms with Gasteiger partial charge >= 0.3 is 6.18 Å². The fourth-order valence-electron chi connectivity index (χ4n) is 2.15. The number of hydrogen-bond acceptors (Lipinski definition) is 1. The van der Waals surface area contributed by atoms with Crippen LogP contribution in [0.3, 0.4) is 0 Å². The summed E-state index contributed by atoms with van der Waals surface area (Å²) in [5, 5.41) is 3.12. The summed E-state index contributed by atoms with van der Waals surface area (Å²) in [6.45, 7) is 4.44. The zero-order valence-electron chi connectivity index (χ0n) is 12.0. The maximum Gasteiger partial charge on any atom is 0.416 e. The van der Waals surface area contributed by atoms with Crippen molar-refractivity contribution < 1.29 is 13.2 Å². The first-order valence-electron chi connectivity index (χ1n) is 6.84. The topological polar surface area (TPSA) is 12.0 Å². The van der Waals surface area contributed by atoms with Crippen molar-refractivity contribution in [1.82, 2.24) is 0 Å². The number of benzene rings is 2. The molecule has 1 atom stereocenters. The van der Waals surface area contributed by atoms with E-state index in [1.165, 1.54) is 12.1 Å². The fourth-order valence-corrected chi connectivity index (χ4v) is 2.15. The van der Waals surface area contributed by atoms with Crippen molar-refractivity contribution in [2.24, 2.45) is 0 Å². The number of rotatable bonds is 4. The molecule has 1 nitrogen and oxygen atoms in total. The molecule has 2 aromatic rings. The first-order valence-corrected chi connectivity index (χ1v) is 6.84. The lowest BCUT2D eigenvalue weighted by Gasteiger charge is -2.17. The van der Waals surface area contributed by atoms with E-state index in [0.29, 0.717) is 12.2 Å². The van der Waals surface area contributed by atoms with E-state index in [1.807, 2.05) is 37.3 Å². The molecule has 4 heteroatoms. The minimum absolute atomic E-state index is 0.222. The highest BCUT2D eigenvalue weighted by molar-refractivity contribution is 5.53. The number of nitrogens with one attached hydrogen (secondary N) is 1. The van der Waals surface area contributed by atoms with E-state index < -0.39 is 11.7 Å². The number of alkyl halides is 3. The van der Waals surface area contributed by atoms with Crippen molar-refractivity contribution in [2.75, 3.05) is 11.9 Å². The standard InChI is InChI=1S/C17H18F3N/c1-12-8-9-15(17(18,19)20)10-16(12)21-11-13(2)14-6-4-3-5-7-14/h3-10,13,21H,11H2,1-2H3. The van der Waals surface area contributed by atoms with Crippen molar-refractivity contribution in [3.63, 3.8) is 0 Å². The molecular formula is C17H18F3N. The number of halogens is 3. The lowest BCUT2D eigenvalue weighted by atomic mass is 10.0. The summed E-state index contributed by atoms with van der Waals surface area (Å²) in [5.74, 6) is 0.222. The van der Waals surface area contributed by atoms with Crippen molar-refractivity contribution in [2.45, 2.75) is 25.9 Å². The van der Waals surface area contributed by atoms with E-state index >= 15 is 0 Å². The molecule has 2 aromatic carbocycles. The number of anilines is 1. The van der Waals surface area contributed by atoms with Crippen LogP contribution in [0.1, 0.15) is 29.5 Å². The molecule has 0 heterocycles. The van der Waals surface area contributed by atoms with Crippen LogP contribution in [-0.4, -0.2) is 6.54 Å². The maximum absolute atomic E-state index is 12.7. The van der Waals surface area contributed by atoms with Crippen LogP contribution in [0.4, 0.5) is 18.9 Å². The molecule has 2 rings (SSSR count). The summed E-state index contributed by atoms with van der Waals surface area (Å²) in [4.78, 5) is 0. The van der Waals surface area contributed by atoms with Gasteiger partial charge in [0.25, 0.3) is 0 Å². The fraction of sp³-hybridized carbons (Fsp3) is 0.294. The SMILES string of the molecule is Cc1ccc(C(F)(F)F)cc1NCC(C)c1ccccc1. The van der Waals surface area contributed by atoms with E-state index in [-0.39, 0.29) is 5.92 Å². The monoisotopic (exact) mass is 293 g/mol. The summed E-state index contributed by atoms with van der Waals surface area (Å²) in [7, 11) is 0. The predicted octanol–water partition coefficient (Wildman–Crippen LogP) is 5.23. The van der Waals surface area contributed by atoms with E-state index in [4.69, 9.17) is 0 Å². The van der Waals surface area contributed by atoms with Gasteiger partial charge in [0.2, 0.25) is 0 Å². The lowest BCUT2D eigenvalue weighted by Crippen LogP contribution is -2.12. The molecule has 0 amide bonds. The highest BCUT2D eigenvalue weighted by Gasteiger charge is 2.30. The van der Waals surface area contributed by atoms with Crippen molar-refractivity contribution in [3.8, 4) is 0 Å². The van der Waals surface area contributed by atoms with Crippen LogP contribution < -0.4 is 5.32 Å². The second-order valence-electron chi connectivity index (χ2n) is 5.22. The molecule has 0 aromatic heterocycles. The third-order valence-electron chi connectivity index (χ3n) is 3.53. The molecule has 1 unspecified atom stereocenters. The molecule has 0 radical (unpaired) electrons. The van der Waals surface area contributed by atoms with Crippen molar-refractivity contribution in [1.29, 1.82) is 0 Å². The highest BCUT2D eigenvalue weighted by atomic mass is 19.4. The third-order valence-corrected chi connectivity index (χ3v) is 3.53. The van der Waals surface area contributed by atoms with Gasteiger partial charge in [0.05, 0.1) is 5.56 Å². The molecule has 0 saturated heterocycles. The summed E-state index contributed by atoms with van der Waals surface area (Å²) >= 11 is 0. The molecule has 0 aliphatic carbocycles. The third kappa shape index (κ3) is 4.00. The minimum atomic E-state index is -4.31. The van der Waals surface area contributed by atoms with Crippen LogP contribution in [0.2, 0.25) is 0 Å². The second-order valence-corrected chi connectivity index (χ2v) is 5.22. The Kier molecular flexibility index (Phi) is 4.56. The quantitative estimate of drug-likeness (QED) is 0.814. The largest absolute Gasteiger partial charge is 0.416 e. The van der Waals surface area contributed by atoms with Gasteiger partial charge in [-0.15, -0.1) is 0 Å². The summed E-state index contributed by atoms with van der Waals surface area (Å²) in [6, 6.07) is 13.7. The second kappa shape index (κ2) is 6.20. The van der Waals surface area contributed by atoms with Crippen LogP contribution in [0.25, 0.3) is 0 Å². The molecule has 112 valence electrons. The van der Waals surface area contributed by atoms with Gasteiger partial charge in [-0.2, -0.15) is 13.2 Å². The van der Waals surface area contributed by atoms with Gasteiger partial charge in [0, 0.05) is 12.2 Å². The minimum Gasteiger partial charge on any atom is -0.384 e. The average molecular weight is 293 g/mol. The smallest absolute Gasteiger partial charge is 0.384 e. The van der Waals surface area contributed by atoms with Gasteiger partial charge in [0.1, 0.15) is 0 Å². The van der Waals surface area contributed by atoms with E-state index in [9.17, 15) is 13.2 Å². The number of hydrogen-bond donors (Lipinski definition) is 1. The zero-order chi connectivity index (χ0) is 15.5. The van der Waals surface area contributed by atoms with Gasteiger partial charge in [0.15, 0.2) is 0 Å². The molecule has 21 heavy (non-hydrogen) atoms. The van der Waals surface area contributed by atoms with Crippen LogP contribution in [0.15, 0.2) is 48.5 Å². The van der Waals surface area contributed by atoms with Crippen LogP contribution in [0, 0.1) is 6.92 Å². The Morgan fingerprint density at radius 1 is 1.05 bits per heavy atom. The highest BCUT2D eigenvalue weighted by Crippen LogP contribution is 2.32. The Morgan fingerprint density at radius 2 is 1.71 bits per heavy atom. The Bertz CT molecular complexity index is 591. The Balaban J connectivity index is 2.09. The summed E-state index contributed by atoms with van der Waals surface area (Å²) < 4.78 is 38.2. The molecule has 0 aliphatic rings. The summed E-state index contributed by atoms with van der Waals surface area (Å²) in [5.41, 5.74) is 1.88. The van der Waals surface area contributed by atoms with E-state index in [1.54, 1.807) is 6.92 Å². The lowest BCUT2D eigenvalue weighted by molar-refractivity contribution is -0.137. The zero-order valence-corrected chi connectivity index (χ0v) is 12.0. The number of aryl methyl sites for hydroxylation is 1. The van der Waals surface area contributed by atoms with E-state index in [0.717, 1.165) is 17.2 Å². The molecule has 0 aliphatic heterocycles. The summed E-state index contributed by atoms with van der Waals surface area (Å²) in [6.07, 6.45) is -4.31. The maximum atomic E-state index is 12.7. The van der Waals surface area contributed by atoms with Gasteiger partial charge in [-0.1, -0.05) is 43.3 Å². The Hall–Kier alpha value is -1.97. The van der Waals surface area contributed by atoms with Gasteiger partial charge in [-0.25, -0.2) is 0 Å². The van der Waals surface area contributed by atoms with Crippen LogP contribution in [-0.2, 0) is 6.18 Å². The van der Waals surface area contributed by atoms with E-state index in [2.05, 4.69) is 5.32 Å². The van der Waals surface area contributed by atoms with Crippen LogP contribution >= 0.6 is 0 Å². The first kappa shape index (κ1) is 15.4. The Labute approximate surface area is 122 Å². The Morgan fingerprint density at radius 3 is 2.33 bits per heavy atom. The average Bonchev–Trinajstić information content (AvgIpc) is 2.45.